The summed E-state index contributed by atoms with van der Waals surface area (Å²) in [6, 6.07) is 9.59. The first-order chi connectivity index (χ1) is 17.6. The number of Topliss-reactive ketones (excluding diaryl/α,β-unsaturated/α-hetero) is 1. The molecule has 0 fully saturated rings. The van der Waals surface area contributed by atoms with Crippen LogP contribution in [0.2, 0.25) is 0 Å². The maximum atomic E-state index is 13.3. The fourth-order valence-corrected chi connectivity index (χ4v) is 3.90. The molecule has 0 spiro atoms. The molecule has 12 heteroatoms. The van der Waals surface area contributed by atoms with Crippen LogP contribution in [0.3, 0.4) is 0 Å². The van der Waals surface area contributed by atoms with Crippen molar-refractivity contribution in [3.05, 3.63) is 116 Å². The number of aromatic nitrogens is 4. The minimum atomic E-state index is -4.56. The van der Waals surface area contributed by atoms with Gasteiger partial charge < -0.3 is 9.72 Å². The molecule has 2 heterocycles. The molecule has 1 atom stereocenters. The van der Waals surface area contributed by atoms with Gasteiger partial charge in [0.25, 0.3) is 12.0 Å². The number of ether oxygens (including phenoxy) is 1. The molecule has 1 unspecified atom stereocenters. The summed E-state index contributed by atoms with van der Waals surface area (Å²) in [5.74, 6) is -0.869. The van der Waals surface area contributed by atoms with Crippen LogP contribution in [0.4, 0.5) is 13.2 Å². The highest BCUT2D eigenvalue weighted by atomic mass is 19.4. The molecule has 4 rings (SSSR count). The van der Waals surface area contributed by atoms with E-state index in [-0.39, 0.29) is 35.4 Å². The van der Waals surface area contributed by atoms with Crippen molar-refractivity contribution in [3.8, 4) is 5.69 Å². The van der Waals surface area contributed by atoms with Crippen LogP contribution < -0.4 is 11.2 Å². The summed E-state index contributed by atoms with van der Waals surface area (Å²) in [5, 5.41) is 0. The number of halogens is 3. The van der Waals surface area contributed by atoms with Crippen LogP contribution in [-0.4, -0.2) is 31.4 Å². The highest BCUT2D eigenvalue weighted by Crippen LogP contribution is 2.33. The Balaban J connectivity index is 1.66. The monoisotopic (exact) mass is 512 g/mol. The normalized spacial score (nSPS) is 12.2. The third-order valence-corrected chi connectivity index (χ3v) is 5.81. The van der Waals surface area contributed by atoms with Crippen LogP contribution in [0, 0.1) is 6.92 Å². The minimum Gasteiger partial charge on any atom is -0.451 e. The maximum absolute atomic E-state index is 13.3. The number of H-pyrrole nitrogens is 1. The summed E-state index contributed by atoms with van der Waals surface area (Å²) in [4.78, 5) is 55.7. The maximum Gasteiger partial charge on any atom is 0.416 e. The van der Waals surface area contributed by atoms with Crippen molar-refractivity contribution in [2.24, 2.45) is 0 Å². The topological polar surface area (TPSA) is 116 Å². The standard InChI is InChI=1S/C25H19F3N4O5/c1-15-17(3-2-4-20(15)25(26,27)28)12-31-13-29-11-19(23(31)35)21(34)22(37-14-33)16-5-7-18(8-6-16)32-10-9-30-24(32)36/h2-11,13-14,22H,12H2,1H3,(H,30,36). The van der Waals surface area contributed by atoms with Crippen molar-refractivity contribution in [1.82, 2.24) is 19.1 Å². The highest BCUT2D eigenvalue weighted by Gasteiger charge is 2.33. The van der Waals surface area contributed by atoms with Gasteiger partial charge >= 0.3 is 11.9 Å². The van der Waals surface area contributed by atoms with Gasteiger partial charge in [-0.25, -0.2) is 9.78 Å². The lowest BCUT2D eigenvalue weighted by atomic mass is 10.0. The first kappa shape index (κ1) is 25.4. The van der Waals surface area contributed by atoms with E-state index >= 15 is 0 Å². The first-order valence-corrected chi connectivity index (χ1v) is 10.8. The number of hydrogen-bond donors (Lipinski definition) is 1. The molecule has 2 aromatic carbocycles. The van der Waals surface area contributed by atoms with Crippen molar-refractivity contribution >= 4 is 12.3 Å². The molecule has 0 radical (unpaired) electrons. The van der Waals surface area contributed by atoms with Crippen molar-refractivity contribution in [3.63, 3.8) is 0 Å². The number of nitrogens with one attached hydrogen (secondary N) is 1. The second-order valence-corrected chi connectivity index (χ2v) is 8.03. The summed E-state index contributed by atoms with van der Waals surface area (Å²) in [6.45, 7) is 1.10. The Bertz CT molecular complexity index is 1570. The SMILES string of the molecule is Cc1c(Cn2cncc(C(=O)C(OC=O)c3ccc(-n4cc[nH]c4=O)cc3)c2=O)cccc1C(F)(F)F. The summed E-state index contributed by atoms with van der Waals surface area (Å²) in [6.07, 6.45) is -0.980. The quantitative estimate of drug-likeness (QED) is 0.286. The number of ketones is 1. The Kier molecular flexibility index (Phi) is 6.92. The number of rotatable bonds is 8. The van der Waals surface area contributed by atoms with Crippen LogP contribution in [0.5, 0.6) is 0 Å². The number of carbonyl (C=O) groups is 2. The van der Waals surface area contributed by atoms with E-state index in [2.05, 4.69) is 9.97 Å². The highest BCUT2D eigenvalue weighted by molar-refractivity contribution is 6.00. The molecular formula is C25H19F3N4O5. The number of hydrogen-bond acceptors (Lipinski definition) is 6. The third-order valence-electron chi connectivity index (χ3n) is 5.81. The lowest BCUT2D eigenvalue weighted by Gasteiger charge is -2.16. The van der Waals surface area contributed by atoms with Gasteiger partial charge in [-0.15, -0.1) is 0 Å². The summed E-state index contributed by atoms with van der Waals surface area (Å²) in [7, 11) is 0. The molecule has 190 valence electrons. The molecule has 0 aliphatic rings. The molecule has 4 aromatic rings. The first-order valence-electron chi connectivity index (χ1n) is 10.8. The zero-order chi connectivity index (χ0) is 26.7. The van der Waals surface area contributed by atoms with Crippen LogP contribution in [0.1, 0.15) is 38.7 Å². The number of nitrogens with zero attached hydrogens (tertiary/aromatic N) is 3. The third kappa shape index (κ3) is 5.13. The zero-order valence-corrected chi connectivity index (χ0v) is 19.2. The Morgan fingerprint density at radius 3 is 2.51 bits per heavy atom. The fourth-order valence-electron chi connectivity index (χ4n) is 3.90. The van der Waals surface area contributed by atoms with Gasteiger partial charge in [-0.1, -0.05) is 24.3 Å². The molecule has 0 bridgehead atoms. The largest absolute Gasteiger partial charge is 0.451 e. The average molecular weight is 512 g/mol. The number of imidazole rings is 1. The Morgan fingerprint density at radius 2 is 1.89 bits per heavy atom. The molecular weight excluding hydrogens is 493 g/mol. The van der Waals surface area contributed by atoms with E-state index in [0.717, 1.165) is 23.2 Å². The Hall–Kier alpha value is -4.74. The van der Waals surface area contributed by atoms with Crippen LogP contribution >= 0.6 is 0 Å². The molecule has 2 aromatic heterocycles. The number of carbonyl (C=O) groups excluding carboxylic acids is 2. The van der Waals surface area contributed by atoms with E-state index < -0.39 is 34.7 Å². The summed E-state index contributed by atoms with van der Waals surface area (Å²) >= 11 is 0. The predicted molar refractivity (Wildman–Crippen MR) is 124 cm³/mol. The summed E-state index contributed by atoms with van der Waals surface area (Å²) < 4.78 is 47.1. The molecule has 0 saturated heterocycles. The lowest BCUT2D eigenvalue weighted by molar-refractivity contribution is -0.138. The molecule has 0 aliphatic carbocycles. The lowest BCUT2D eigenvalue weighted by Crippen LogP contribution is -2.30. The van der Waals surface area contributed by atoms with Gasteiger partial charge in [0.15, 0.2) is 6.10 Å². The number of aromatic amines is 1. The van der Waals surface area contributed by atoms with E-state index in [1.165, 1.54) is 60.3 Å². The van der Waals surface area contributed by atoms with Crippen molar-refractivity contribution in [2.75, 3.05) is 0 Å². The molecule has 0 saturated carbocycles. The van der Waals surface area contributed by atoms with Gasteiger partial charge in [0.1, 0.15) is 5.56 Å². The Labute approximate surface area is 206 Å². The van der Waals surface area contributed by atoms with Gasteiger partial charge in [-0.3, -0.25) is 23.5 Å². The van der Waals surface area contributed by atoms with Crippen LogP contribution in [0.15, 0.2) is 77.0 Å². The van der Waals surface area contributed by atoms with Gasteiger partial charge in [-0.2, -0.15) is 13.2 Å². The molecule has 9 nitrogen and oxygen atoms in total. The fraction of sp³-hybridized carbons (Fsp3) is 0.160. The van der Waals surface area contributed by atoms with E-state index in [1.807, 2.05) is 0 Å². The summed E-state index contributed by atoms with van der Waals surface area (Å²) in [5.41, 5.74) is -1.56. The van der Waals surface area contributed by atoms with Crippen molar-refractivity contribution < 1.29 is 27.5 Å². The predicted octanol–water partition coefficient (Wildman–Crippen LogP) is 3.19. The smallest absolute Gasteiger partial charge is 0.416 e. The van der Waals surface area contributed by atoms with Gasteiger partial charge in [0, 0.05) is 24.2 Å². The van der Waals surface area contributed by atoms with Crippen LogP contribution in [-0.2, 0) is 22.3 Å². The Morgan fingerprint density at radius 1 is 1.16 bits per heavy atom. The molecule has 0 amide bonds. The number of benzene rings is 2. The van der Waals surface area contributed by atoms with Crippen molar-refractivity contribution in [2.45, 2.75) is 25.7 Å². The van der Waals surface area contributed by atoms with E-state index in [0.29, 0.717) is 5.69 Å². The van der Waals surface area contributed by atoms with E-state index in [4.69, 9.17) is 4.74 Å². The van der Waals surface area contributed by atoms with Crippen molar-refractivity contribution in [1.29, 1.82) is 0 Å². The van der Waals surface area contributed by atoms with Gasteiger partial charge in [0.2, 0.25) is 5.78 Å². The average Bonchev–Trinajstić information content (AvgIpc) is 3.30. The molecule has 37 heavy (non-hydrogen) atoms. The second-order valence-electron chi connectivity index (χ2n) is 8.03. The van der Waals surface area contributed by atoms with Crippen LogP contribution in [0.25, 0.3) is 5.69 Å². The second kappa shape index (κ2) is 10.1. The molecule has 0 aliphatic heterocycles. The van der Waals surface area contributed by atoms with Gasteiger partial charge in [0.05, 0.1) is 24.1 Å². The van der Waals surface area contributed by atoms with E-state index in [1.54, 1.807) is 0 Å². The zero-order valence-electron chi connectivity index (χ0n) is 19.2. The number of alkyl halides is 3. The van der Waals surface area contributed by atoms with E-state index in [9.17, 15) is 32.3 Å². The minimum absolute atomic E-state index is 0.0533. The molecule has 1 N–H and O–H groups in total. The van der Waals surface area contributed by atoms with Gasteiger partial charge in [-0.05, 0) is 36.2 Å².